The SMILES string of the molecule is COC(=O)CCCCCc1ccc(C)cc1. The minimum absolute atomic E-state index is 0.102. The van der Waals surface area contributed by atoms with E-state index in [-0.39, 0.29) is 5.97 Å². The summed E-state index contributed by atoms with van der Waals surface area (Å²) in [5.74, 6) is -0.102. The van der Waals surface area contributed by atoms with E-state index in [9.17, 15) is 4.79 Å². The van der Waals surface area contributed by atoms with Gasteiger partial charge in [0.05, 0.1) is 7.11 Å². The summed E-state index contributed by atoms with van der Waals surface area (Å²) in [7, 11) is 1.44. The van der Waals surface area contributed by atoms with Gasteiger partial charge in [-0.1, -0.05) is 36.2 Å². The summed E-state index contributed by atoms with van der Waals surface area (Å²) in [6, 6.07) is 8.64. The van der Waals surface area contributed by atoms with E-state index in [0.717, 1.165) is 25.7 Å². The van der Waals surface area contributed by atoms with E-state index in [0.29, 0.717) is 6.42 Å². The molecule has 16 heavy (non-hydrogen) atoms. The lowest BCUT2D eigenvalue weighted by atomic mass is 10.1. The molecule has 0 N–H and O–H groups in total. The average Bonchev–Trinajstić information content (AvgIpc) is 2.31. The summed E-state index contributed by atoms with van der Waals surface area (Å²) < 4.78 is 4.59. The monoisotopic (exact) mass is 220 g/mol. The van der Waals surface area contributed by atoms with Crippen LogP contribution in [0.15, 0.2) is 24.3 Å². The number of benzene rings is 1. The van der Waals surface area contributed by atoms with Gasteiger partial charge in [0.2, 0.25) is 0 Å². The molecule has 2 nitrogen and oxygen atoms in total. The molecule has 2 heteroatoms. The van der Waals surface area contributed by atoms with Crippen molar-refractivity contribution in [2.45, 2.75) is 39.0 Å². The molecule has 0 radical (unpaired) electrons. The molecule has 1 rings (SSSR count). The zero-order valence-electron chi connectivity index (χ0n) is 10.2. The Kier molecular flexibility index (Phi) is 5.62. The highest BCUT2D eigenvalue weighted by Crippen LogP contribution is 2.09. The van der Waals surface area contributed by atoms with Crippen LogP contribution in [0.1, 0.15) is 36.8 Å². The normalized spacial score (nSPS) is 10.1. The lowest BCUT2D eigenvalue weighted by Gasteiger charge is -2.02. The maximum Gasteiger partial charge on any atom is 0.305 e. The van der Waals surface area contributed by atoms with Crippen LogP contribution in [0, 0.1) is 6.92 Å². The summed E-state index contributed by atoms with van der Waals surface area (Å²) >= 11 is 0. The fraction of sp³-hybridized carbons (Fsp3) is 0.500. The zero-order chi connectivity index (χ0) is 11.8. The van der Waals surface area contributed by atoms with Crippen molar-refractivity contribution >= 4 is 5.97 Å². The van der Waals surface area contributed by atoms with Gasteiger partial charge in [0.15, 0.2) is 0 Å². The Balaban J connectivity index is 2.11. The smallest absolute Gasteiger partial charge is 0.305 e. The van der Waals surface area contributed by atoms with Gasteiger partial charge in [0.1, 0.15) is 0 Å². The number of ether oxygens (including phenoxy) is 1. The van der Waals surface area contributed by atoms with E-state index in [1.54, 1.807) is 0 Å². The minimum Gasteiger partial charge on any atom is -0.469 e. The molecule has 88 valence electrons. The summed E-state index contributed by atoms with van der Waals surface area (Å²) in [5, 5.41) is 0. The maximum absolute atomic E-state index is 10.9. The molecule has 0 aliphatic rings. The van der Waals surface area contributed by atoms with Crippen molar-refractivity contribution in [2.75, 3.05) is 7.11 Å². The molecule has 1 aromatic rings. The number of unbranched alkanes of at least 4 members (excludes halogenated alkanes) is 2. The lowest BCUT2D eigenvalue weighted by Crippen LogP contribution is -1.99. The number of aryl methyl sites for hydroxylation is 2. The first kappa shape index (κ1) is 12.8. The number of hydrogen-bond acceptors (Lipinski definition) is 2. The summed E-state index contributed by atoms with van der Waals surface area (Å²) in [4.78, 5) is 10.9. The van der Waals surface area contributed by atoms with Gasteiger partial charge in [-0.3, -0.25) is 4.79 Å². The fourth-order valence-corrected chi connectivity index (χ4v) is 1.63. The molecule has 0 aromatic heterocycles. The van der Waals surface area contributed by atoms with E-state index < -0.39 is 0 Å². The second kappa shape index (κ2) is 7.04. The van der Waals surface area contributed by atoms with Gasteiger partial charge >= 0.3 is 5.97 Å². The highest BCUT2D eigenvalue weighted by Gasteiger charge is 1.99. The first-order chi connectivity index (χ1) is 7.72. The van der Waals surface area contributed by atoms with E-state index in [1.807, 2.05) is 0 Å². The van der Waals surface area contributed by atoms with Crippen molar-refractivity contribution in [3.63, 3.8) is 0 Å². The fourth-order valence-electron chi connectivity index (χ4n) is 1.63. The predicted molar refractivity (Wildman–Crippen MR) is 65.4 cm³/mol. The Morgan fingerprint density at radius 2 is 1.81 bits per heavy atom. The van der Waals surface area contributed by atoms with Crippen LogP contribution in [0.3, 0.4) is 0 Å². The van der Waals surface area contributed by atoms with Gasteiger partial charge in [-0.05, 0) is 31.7 Å². The largest absolute Gasteiger partial charge is 0.469 e. The van der Waals surface area contributed by atoms with Crippen LogP contribution < -0.4 is 0 Å². The molecular formula is C14H20O2. The third kappa shape index (κ3) is 4.96. The molecule has 0 spiro atoms. The summed E-state index contributed by atoms with van der Waals surface area (Å²) in [6.07, 6.45) is 4.80. The van der Waals surface area contributed by atoms with E-state index in [4.69, 9.17) is 0 Å². The topological polar surface area (TPSA) is 26.3 Å². The number of methoxy groups -OCH3 is 1. The molecule has 0 aliphatic heterocycles. The van der Waals surface area contributed by atoms with Gasteiger partial charge in [0.25, 0.3) is 0 Å². The van der Waals surface area contributed by atoms with Crippen molar-refractivity contribution in [1.29, 1.82) is 0 Å². The van der Waals surface area contributed by atoms with Gasteiger partial charge in [-0.2, -0.15) is 0 Å². The zero-order valence-corrected chi connectivity index (χ0v) is 10.2. The molecule has 1 aromatic carbocycles. The Bertz CT molecular complexity index is 314. The number of hydrogen-bond donors (Lipinski definition) is 0. The molecule has 0 atom stereocenters. The molecule has 0 heterocycles. The minimum atomic E-state index is -0.102. The number of esters is 1. The van der Waals surface area contributed by atoms with Gasteiger partial charge < -0.3 is 4.74 Å². The first-order valence-electron chi connectivity index (χ1n) is 5.84. The van der Waals surface area contributed by atoms with Crippen molar-refractivity contribution in [3.8, 4) is 0 Å². The molecular weight excluding hydrogens is 200 g/mol. The lowest BCUT2D eigenvalue weighted by molar-refractivity contribution is -0.140. The van der Waals surface area contributed by atoms with Crippen LogP contribution in [0.25, 0.3) is 0 Å². The van der Waals surface area contributed by atoms with Crippen molar-refractivity contribution < 1.29 is 9.53 Å². The van der Waals surface area contributed by atoms with Crippen molar-refractivity contribution in [1.82, 2.24) is 0 Å². The highest BCUT2D eigenvalue weighted by molar-refractivity contribution is 5.68. The molecule has 0 unspecified atom stereocenters. The second-order valence-electron chi connectivity index (χ2n) is 4.12. The van der Waals surface area contributed by atoms with Gasteiger partial charge in [0, 0.05) is 6.42 Å². The first-order valence-corrected chi connectivity index (χ1v) is 5.84. The van der Waals surface area contributed by atoms with Crippen molar-refractivity contribution in [3.05, 3.63) is 35.4 Å². The van der Waals surface area contributed by atoms with Crippen LogP contribution in [-0.4, -0.2) is 13.1 Å². The van der Waals surface area contributed by atoms with Crippen LogP contribution >= 0.6 is 0 Å². The van der Waals surface area contributed by atoms with E-state index >= 15 is 0 Å². The van der Waals surface area contributed by atoms with Crippen LogP contribution in [0.5, 0.6) is 0 Å². The maximum atomic E-state index is 10.9. The number of carbonyl (C=O) groups is 1. The van der Waals surface area contributed by atoms with E-state index in [1.165, 1.54) is 18.2 Å². The molecule has 0 saturated heterocycles. The Hall–Kier alpha value is -1.31. The second-order valence-corrected chi connectivity index (χ2v) is 4.12. The Morgan fingerprint density at radius 1 is 1.12 bits per heavy atom. The molecule has 0 aliphatic carbocycles. The standard InChI is InChI=1S/C14H20O2/c1-12-8-10-13(11-9-12)6-4-3-5-7-14(15)16-2/h8-11H,3-7H2,1-2H3. The molecule has 0 amide bonds. The number of rotatable bonds is 6. The average molecular weight is 220 g/mol. The van der Waals surface area contributed by atoms with Crippen LogP contribution in [-0.2, 0) is 16.0 Å². The predicted octanol–water partition coefficient (Wildman–Crippen LogP) is 3.27. The summed E-state index contributed by atoms with van der Waals surface area (Å²) in [6.45, 7) is 2.10. The quantitative estimate of drug-likeness (QED) is 0.543. The third-order valence-corrected chi connectivity index (χ3v) is 2.69. The summed E-state index contributed by atoms with van der Waals surface area (Å²) in [5.41, 5.74) is 2.68. The van der Waals surface area contributed by atoms with Gasteiger partial charge in [-0.15, -0.1) is 0 Å². The molecule has 0 saturated carbocycles. The third-order valence-electron chi connectivity index (χ3n) is 2.69. The van der Waals surface area contributed by atoms with Crippen LogP contribution in [0.4, 0.5) is 0 Å². The van der Waals surface area contributed by atoms with Gasteiger partial charge in [-0.25, -0.2) is 0 Å². The Morgan fingerprint density at radius 3 is 2.44 bits per heavy atom. The molecule has 0 fully saturated rings. The number of carbonyl (C=O) groups excluding carboxylic acids is 1. The molecule has 0 bridgehead atoms. The Labute approximate surface area is 97.6 Å². The highest BCUT2D eigenvalue weighted by atomic mass is 16.5. The van der Waals surface area contributed by atoms with E-state index in [2.05, 4.69) is 35.9 Å². The van der Waals surface area contributed by atoms with Crippen LogP contribution in [0.2, 0.25) is 0 Å². The van der Waals surface area contributed by atoms with Crippen molar-refractivity contribution in [2.24, 2.45) is 0 Å².